The Morgan fingerprint density at radius 3 is 2.40 bits per heavy atom. The molecule has 6 nitrogen and oxygen atoms in total. The van der Waals surface area contributed by atoms with E-state index in [9.17, 15) is 13.2 Å². The predicted octanol–water partition coefficient (Wildman–Crippen LogP) is 3.47. The van der Waals surface area contributed by atoms with E-state index in [1.807, 2.05) is 48.5 Å². The minimum atomic E-state index is -3.87. The van der Waals surface area contributed by atoms with Gasteiger partial charge in [-0.3, -0.25) is 4.79 Å². The van der Waals surface area contributed by atoms with Crippen LogP contribution in [0.3, 0.4) is 0 Å². The molecule has 0 aliphatic carbocycles. The number of nitrogens with one attached hydrogen (secondary N) is 2. The van der Waals surface area contributed by atoms with Crippen molar-refractivity contribution in [3.63, 3.8) is 0 Å². The minimum Gasteiger partial charge on any atom is -0.497 e. The van der Waals surface area contributed by atoms with Gasteiger partial charge in [0.15, 0.2) is 0 Å². The first-order valence-electron chi connectivity index (χ1n) is 9.72. The second-order valence-corrected chi connectivity index (χ2v) is 9.14. The van der Waals surface area contributed by atoms with Gasteiger partial charge in [0.25, 0.3) is 0 Å². The van der Waals surface area contributed by atoms with E-state index in [4.69, 9.17) is 4.74 Å². The monoisotopic (exact) mass is 426 g/mol. The summed E-state index contributed by atoms with van der Waals surface area (Å²) in [6.45, 7) is 3.88. The molecule has 0 saturated heterocycles. The molecule has 2 N–H and O–H groups in total. The average molecular weight is 427 g/mol. The Morgan fingerprint density at radius 1 is 0.967 bits per heavy atom. The van der Waals surface area contributed by atoms with Crippen LogP contribution in [0.4, 0.5) is 0 Å². The van der Waals surface area contributed by atoms with Crippen molar-refractivity contribution in [1.29, 1.82) is 0 Å². The number of hydrogen-bond acceptors (Lipinski definition) is 4. The quantitative estimate of drug-likeness (QED) is 0.578. The second kappa shape index (κ2) is 9.28. The van der Waals surface area contributed by atoms with Gasteiger partial charge in [0.05, 0.1) is 12.0 Å². The zero-order chi connectivity index (χ0) is 21.7. The highest BCUT2D eigenvalue weighted by Gasteiger charge is 2.28. The van der Waals surface area contributed by atoms with Crippen molar-refractivity contribution in [3.8, 4) is 5.75 Å². The molecular formula is C23H26N2O4S. The molecule has 1 amide bonds. The molecule has 0 fully saturated rings. The number of methoxy groups -OCH3 is 1. The number of carbonyl (C=O) groups is 1. The standard InChI is InChI=1S/C23H26N2O4S/c1-16(2)22(23(26)24-15-17-7-6-10-20(13-17)29-3)25-30(27,28)21-12-11-18-8-4-5-9-19(18)14-21/h4-14,16,22,25H,15H2,1-3H3,(H,24,26)/t22-/m1/s1. The average Bonchev–Trinajstić information content (AvgIpc) is 2.75. The van der Waals surface area contributed by atoms with Crippen molar-refractivity contribution >= 4 is 26.7 Å². The normalized spacial score (nSPS) is 12.7. The number of sulfonamides is 1. The second-order valence-electron chi connectivity index (χ2n) is 7.42. The van der Waals surface area contributed by atoms with Crippen molar-refractivity contribution in [2.75, 3.05) is 7.11 Å². The number of amides is 1. The lowest BCUT2D eigenvalue weighted by molar-refractivity contribution is -0.123. The van der Waals surface area contributed by atoms with E-state index < -0.39 is 16.1 Å². The van der Waals surface area contributed by atoms with Crippen LogP contribution in [-0.2, 0) is 21.4 Å². The number of hydrogen-bond donors (Lipinski definition) is 2. The number of ether oxygens (including phenoxy) is 1. The Kier molecular flexibility index (Phi) is 6.74. The van der Waals surface area contributed by atoms with Crippen LogP contribution in [0.5, 0.6) is 5.75 Å². The Balaban J connectivity index is 1.75. The van der Waals surface area contributed by atoms with E-state index in [1.165, 1.54) is 0 Å². The van der Waals surface area contributed by atoms with Crippen molar-refractivity contribution in [2.24, 2.45) is 5.92 Å². The molecule has 1 atom stereocenters. The van der Waals surface area contributed by atoms with Gasteiger partial charge in [-0.25, -0.2) is 8.42 Å². The fraction of sp³-hybridized carbons (Fsp3) is 0.261. The van der Waals surface area contributed by atoms with Gasteiger partial charge in [-0.2, -0.15) is 4.72 Å². The first-order valence-corrected chi connectivity index (χ1v) is 11.2. The summed E-state index contributed by atoms with van der Waals surface area (Å²) in [5.41, 5.74) is 0.864. The van der Waals surface area contributed by atoms with E-state index >= 15 is 0 Å². The third-order valence-corrected chi connectivity index (χ3v) is 6.30. The van der Waals surface area contributed by atoms with E-state index in [1.54, 1.807) is 39.2 Å². The van der Waals surface area contributed by atoms with Crippen LogP contribution in [0.2, 0.25) is 0 Å². The Labute approximate surface area is 177 Å². The van der Waals surface area contributed by atoms with Crippen LogP contribution >= 0.6 is 0 Å². The summed E-state index contributed by atoms with van der Waals surface area (Å²) in [5, 5.41) is 4.59. The molecule has 3 aromatic rings. The van der Waals surface area contributed by atoms with Crippen molar-refractivity contribution in [3.05, 3.63) is 72.3 Å². The van der Waals surface area contributed by atoms with Crippen molar-refractivity contribution in [1.82, 2.24) is 10.0 Å². The van der Waals surface area contributed by atoms with Gasteiger partial charge in [-0.1, -0.05) is 56.3 Å². The Bertz CT molecular complexity index is 1140. The molecule has 0 aliphatic rings. The first-order chi connectivity index (χ1) is 14.3. The summed E-state index contributed by atoms with van der Waals surface area (Å²) in [5.74, 6) is 0.0851. The van der Waals surface area contributed by atoms with E-state index in [0.717, 1.165) is 16.3 Å². The van der Waals surface area contributed by atoms with Crippen molar-refractivity contribution in [2.45, 2.75) is 31.3 Å². The van der Waals surface area contributed by atoms with Crippen LogP contribution in [-0.4, -0.2) is 27.5 Å². The van der Waals surface area contributed by atoms with Gasteiger partial charge < -0.3 is 10.1 Å². The number of fused-ring (bicyclic) bond motifs is 1. The van der Waals surface area contributed by atoms with Crippen molar-refractivity contribution < 1.29 is 17.9 Å². The summed E-state index contributed by atoms with van der Waals surface area (Å²) in [6.07, 6.45) is 0. The molecular weight excluding hydrogens is 400 g/mol. The van der Waals surface area contributed by atoms with E-state index in [-0.39, 0.29) is 23.3 Å². The Morgan fingerprint density at radius 2 is 1.70 bits per heavy atom. The van der Waals surface area contributed by atoms with Gasteiger partial charge in [0.2, 0.25) is 15.9 Å². The molecule has 0 spiro atoms. The van der Waals surface area contributed by atoms with E-state index in [0.29, 0.717) is 5.75 Å². The molecule has 0 aromatic heterocycles. The zero-order valence-corrected chi connectivity index (χ0v) is 18.1. The molecule has 0 bridgehead atoms. The highest BCUT2D eigenvalue weighted by atomic mass is 32.2. The minimum absolute atomic E-state index is 0.132. The van der Waals surface area contributed by atoms with Gasteiger partial charge in [0, 0.05) is 6.54 Å². The van der Waals surface area contributed by atoms with Crippen LogP contribution in [0.25, 0.3) is 10.8 Å². The third-order valence-electron chi connectivity index (χ3n) is 4.86. The van der Waals surface area contributed by atoms with Gasteiger partial charge in [0.1, 0.15) is 11.8 Å². The maximum absolute atomic E-state index is 12.9. The number of rotatable bonds is 8. The maximum Gasteiger partial charge on any atom is 0.241 e. The lowest BCUT2D eigenvalue weighted by Crippen LogP contribution is -2.49. The molecule has 0 radical (unpaired) electrons. The SMILES string of the molecule is COc1cccc(CNC(=O)[C@H](NS(=O)(=O)c2ccc3ccccc3c2)C(C)C)c1. The fourth-order valence-corrected chi connectivity index (χ4v) is 4.52. The summed E-state index contributed by atoms with van der Waals surface area (Å²) in [4.78, 5) is 12.9. The van der Waals surface area contributed by atoms with E-state index in [2.05, 4.69) is 10.0 Å². The molecule has 0 heterocycles. The summed E-state index contributed by atoms with van der Waals surface area (Å²) in [7, 11) is -2.29. The van der Waals surface area contributed by atoms with Gasteiger partial charge in [-0.05, 0) is 46.5 Å². The Hall–Kier alpha value is -2.90. The third kappa shape index (κ3) is 5.17. The molecule has 30 heavy (non-hydrogen) atoms. The predicted molar refractivity (Wildman–Crippen MR) is 118 cm³/mol. The fourth-order valence-electron chi connectivity index (χ4n) is 3.14. The molecule has 158 valence electrons. The van der Waals surface area contributed by atoms with Gasteiger partial charge in [-0.15, -0.1) is 0 Å². The highest BCUT2D eigenvalue weighted by Crippen LogP contribution is 2.20. The molecule has 3 aromatic carbocycles. The lowest BCUT2D eigenvalue weighted by Gasteiger charge is -2.22. The van der Waals surface area contributed by atoms with Crippen LogP contribution in [0.1, 0.15) is 19.4 Å². The van der Waals surface area contributed by atoms with Gasteiger partial charge >= 0.3 is 0 Å². The maximum atomic E-state index is 12.9. The smallest absolute Gasteiger partial charge is 0.241 e. The molecule has 0 saturated carbocycles. The summed E-state index contributed by atoms with van der Waals surface area (Å²) >= 11 is 0. The molecule has 7 heteroatoms. The van der Waals surface area contributed by atoms with Crippen LogP contribution in [0, 0.1) is 5.92 Å². The zero-order valence-electron chi connectivity index (χ0n) is 17.3. The number of carbonyl (C=O) groups excluding carboxylic acids is 1. The molecule has 0 aliphatic heterocycles. The number of benzene rings is 3. The molecule has 3 rings (SSSR count). The largest absolute Gasteiger partial charge is 0.497 e. The van der Waals surface area contributed by atoms with Crippen LogP contribution < -0.4 is 14.8 Å². The summed E-state index contributed by atoms with van der Waals surface area (Å²) < 4.78 is 33.6. The first kappa shape index (κ1) is 21.8. The summed E-state index contributed by atoms with van der Waals surface area (Å²) in [6, 6.07) is 18.9. The lowest BCUT2D eigenvalue weighted by atomic mass is 10.0. The highest BCUT2D eigenvalue weighted by molar-refractivity contribution is 7.89. The molecule has 0 unspecified atom stereocenters. The topological polar surface area (TPSA) is 84.5 Å². The van der Waals surface area contributed by atoms with Crippen LogP contribution in [0.15, 0.2) is 71.6 Å².